The van der Waals surface area contributed by atoms with Crippen molar-refractivity contribution in [3.05, 3.63) is 106 Å². The van der Waals surface area contributed by atoms with E-state index >= 15 is 0 Å². The van der Waals surface area contributed by atoms with Crippen molar-refractivity contribution in [1.82, 2.24) is 0 Å². The van der Waals surface area contributed by atoms with Crippen LogP contribution in [0.25, 0.3) is 0 Å². The fraction of sp³-hybridized carbons (Fsp3) is 0.182. The SMILES string of the molecule is Cc1cccc(Cc2c[c-]cc(Cc3cccc(C)c3)c2)c1.[Y]. The number of benzene rings is 3. The second kappa shape index (κ2) is 8.57. The van der Waals surface area contributed by atoms with Crippen molar-refractivity contribution in [3.8, 4) is 0 Å². The summed E-state index contributed by atoms with van der Waals surface area (Å²) >= 11 is 0. The Morgan fingerprint density at radius 1 is 0.652 bits per heavy atom. The minimum Gasteiger partial charge on any atom is -0.183 e. The monoisotopic (exact) mass is 374 g/mol. The third-order valence-electron chi connectivity index (χ3n) is 3.89. The molecule has 0 bridgehead atoms. The summed E-state index contributed by atoms with van der Waals surface area (Å²) in [5.74, 6) is 0. The molecule has 3 aromatic carbocycles. The Kier molecular flexibility index (Phi) is 6.75. The van der Waals surface area contributed by atoms with Crippen molar-refractivity contribution < 1.29 is 32.7 Å². The maximum Gasteiger partial charge on any atom is 0 e. The Hall–Kier alpha value is -1.24. The molecular weight excluding hydrogens is 353 g/mol. The number of aryl methyl sites for hydroxylation is 2. The van der Waals surface area contributed by atoms with Crippen LogP contribution in [0.15, 0.2) is 66.7 Å². The third kappa shape index (κ3) is 5.41. The van der Waals surface area contributed by atoms with Gasteiger partial charge in [-0.05, 0) is 26.7 Å². The fourth-order valence-corrected chi connectivity index (χ4v) is 2.90. The van der Waals surface area contributed by atoms with Gasteiger partial charge in [0.05, 0.1) is 0 Å². The Morgan fingerprint density at radius 3 is 1.57 bits per heavy atom. The predicted octanol–water partition coefficient (Wildman–Crippen LogP) is 5.28. The van der Waals surface area contributed by atoms with E-state index in [1.165, 1.54) is 33.4 Å². The van der Waals surface area contributed by atoms with Gasteiger partial charge in [-0.1, -0.05) is 70.8 Å². The molecule has 0 amide bonds. The molecule has 0 saturated heterocycles. The molecule has 0 N–H and O–H groups in total. The first-order chi connectivity index (χ1) is 10.7. The summed E-state index contributed by atoms with van der Waals surface area (Å²) in [6.07, 6.45) is 1.94. The van der Waals surface area contributed by atoms with Crippen molar-refractivity contribution in [1.29, 1.82) is 0 Å². The minimum absolute atomic E-state index is 0. The van der Waals surface area contributed by atoms with Crippen molar-refractivity contribution >= 4 is 0 Å². The van der Waals surface area contributed by atoms with Crippen molar-refractivity contribution in [2.24, 2.45) is 0 Å². The van der Waals surface area contributed by atoms with E-state index in [2.05, 4.69) is 86.6 Å². The van der Waals surface area contributed by atoms with Crippen LogP contribution >= 0.6 is 0 Å². The van der Waals surface area contributed by atoms with Gasteiger partial charge in [-0.15, -0.1) is 0 Å². The molecule has 0 aliphatic heterocycles. The molecule has 0 atom stereocenters. The van der Waals surface area contributed by atoms with E-state index in [-0.39, 0.29) is 32.7 Å². The zero-order chi connectivity index (χ0) is 15.4. The molecule has 1 radical (unpaired) electrons. The fourth-order valence-electron chi connectivity index (χ4n) is 2.90. The summed E-state index contributed by atoms with van der Waals surface area (Å²) in [6.45, 7) is 4.29. The van der Waals surface area contributed by atoms with E-state index in [4.69, 9.17) is 0 Å². The molecule has 23 heavy (non-hydrogen) atoms. The summed E-state index contributed by atoms with van der Waals surface area (Å²) < 4.78 is 0. The van der Waals surface area contributed by atoms with Crippen LogP contribution in [0, 0.1) is 19.9 Å². The first-order valence-electron chi connectivity index (χ1n) is 7.79. The standard InChI is InChI=1S/C22H21.Y/c1-17-6-3-8-19(12-17)14-21-10-5-11-22(16-21)15-20-9-4-7-18(2)13-20;/h3-4,6-13,16H,14-15H2,1-2H3;/q-1;. The van der Waals surface area contributed by atoms with E-state index < -0.39 is 0 Å². The van der Waals surface area contributed by atoms with Crippen LogP contribution in [0.1, 0.15) is 33.4 Å². The molecule has 113 valence electrons. The number of hydrogen-bond donors (Lipinski definition) is 0. The molecule has 0 unspecified atom stereocenters. The molecule has 0 heterocycles. The van der Waals surface area contributed by atoms with Gasteiger partial charge in [0.15, 0.2) is 0 Å². The molecule has 0 aromatic heterocycles. The predicted molar refractivity (Wildman–Crippen MR) is 93.2 cm³/mol. The molecule has 0 nitrogen and oxygen atoms in total. The van der Waals surface area contributed by atoms with Gasteiger partial charge in [0, 0.05) is 32.7 Å². The summed E-state index contributed by atoms with van der Waals surface area (Å²) in [6, 6.07) is 27.3. The summed E-state index contributed by atoms with van der Waals surface area (Å²) in [5, 5.41) is 0. The van der Waals surface area contributed by atoms with Crippen LogP contribution in [0.3, 0.4) is 0 Å². The summed E-state index contributed by atoms with van der Waals surface area (Å²) in [7, 11) is 0. The number of rotatable bonds is 4. The Balaban J connectivity index is 0.00000192. The average molecular weight is 374 g/mol. The summed E-state index contributed by atoms with van der Waals surface area (Å²) in [5.41, 5.74) is 8.02. The molecule has 3 aromatic rings. The smallest absolute Gasteiger partial charge is 0 e. The molecule has 1 heteroatoms. The van der Waals surface area contributed by atoms with Crippen LogP contribution < -0.4 is 0 Å². The third-order valence-corrected chi connectivity index (χ3v) is 3.89. The van der Waals surface area contributed by atoms with Crippen LogP contribution in [0.5, 0.6) is 0 Å². The van der Waals surface area contributed by atoms with Crippen molar-refractivity contribution in [2.75, 3.05) is 0 Å². The van der Waals surface area contributed by atoms with E-state index in [0.29, 0.717) is 0 Å². The normalized spacial score (nSPS) is 10.2. The van der Waals surface area contributed by atoms with Crippen LogP contribution in [-0.4, -0.2) is 0 Å². The van der Waals surface area contributed by atoms with Gasteiger partial charge in [-0.2, -0.15) is 35.4 Å². The molecule has 0 saturated carbocycles. The summed E-state index contributed by atoms with van der Waals surface area (Å²) in [4.78, 5) is 0. The van der Waals surface area contributed by atoms with E-state index in [0.717, 1.165) is 12.8 Å². The molecular formula is C22H21Y-. The Morgan fingerprint density at radius 2 is 1.13 bits per heavy atom. The van der Waals surface area contributed by atoms with Gasteiger partial charge in [0.1, 0.15) is 0 Å². The van der Waals surface area contributed by atoms with Crippen molar-refractivity contribution in [2.45, 2.75) is 26.7 Å². The molecule has 0 aliphatic rings. The van der Waals surface area contributed by atoms with Gasteiger partial charge in [-0.25, -0.2) is 0 Å². The van der Waals surface area contributed by atoms with Gasteiger partial charge >= 0.3 is 0 Å². The molecule has 0 fully saturated rings. The largest absolute Gasteiger partial charge is 0.183 e. The Bertz CT molecular complexity index is 711. The van der Waals surface area contributed by atoms with Crippen LogP contribution in [0.2, 0.25) is 0 Å². The minimum atomic E-state index is 0. The number of hydrogen-bond acceptors (Lipinski definition) is 0. The average Bonchev–Trinajstić information content (AvgIpc) is 2.47. The molecule has 3 rings (SSSR count). The van der Waals surface area contributed by atoms with E-state index in [1.807, 2.05) is 0 Å². The van der Waals surface area contributed by atoms with E-state index in [1.54, 1.807) is 0 Å². The zero-order valence-electron chi connectivity index (χ0n) is 13.8. The topological polar surface area (TPSA) is 0 Å². The quantitative estimate of drug-likeness (QED) is 0.545. The van der Waals surface area contributed by atoms with Gasteiger partial charge in [0.2, 0.25) is 0 Å². The van der Waals surface area contributed by atoms with Gasteiger partial charge in [-0.3, -0.25) is 0 Å². The first kappa shape index (κ1) is 18.1. The second-order valence-electron chi connectivity index (χ2n) is 6.08. The van der Waals surface area contributed by atoms with Crippen molar-refractivity contribution in [3.63, 3.8) is 0 Å². The zero-order valence-corrected chi connectivity index (χ0v) is 16.7. The van der Waals surface area contributed by atoms with Gasteiger partial charge in [0.25, 0.3) is 0 Å². The maximum absolute atomic E-state index is 3.30. The van der Waals surface area contributed by atoms with Gasteiger partial charge < -0.3 is 0 Å². The second-order valence-corrected chi connectivity index (χ2v) is 6.08. The Labute approximate surface area is 164 Å². The van der Waals surface area contributed by atoms with E-state index in [9.17, 15) is 0 Å². The molecule has 0 spiro atoms. The van der Waals surface area contributed by atoms with Crippen LogP contribution in [-0.2, 0) is 45.6 Å². The van der Waals surface area contributed by atoms with Crippen LogP contribution in [0.4, 0.5) is 0 Å². The molecule has 0 aliphatic carbocycles. The maximum atomic E-state index is 3.30. The first-order valence-corrected chi connectivity index (χ1v) is 7.79.